The number of rotatable bonds is 6. The van der Waals surface area contributed by atoms with Crippen molar-refractivity contribution in [3.63, 3.8) is 0 Å². The summed E-state index contributed by atoms with van der Waals surface area (Å²) < 4.78 is 5.85. The van der Waals surface area contributed by atoms with Gasteiger partial charge in [0, 0.05) is 35.3 Å². The van der Waals surface area contributed by atoms with Crippen LogP contribution in [0.15, 0.2) is 52.9 Å². The number of aldehydes is 1. The van der Waals surface area contributed by atoms with Gasteiger partial charge in [0.05, 0.1) is 0 Å². The van der Waals surface area contributed by atoms with Gasteiger partial charge in [0.25, 0.3) is 0 Å². The molecule has 112 valence electrons. The second kappa shape index (κ2) is 6.45. The molecule has 2 aromatic carbocycles. The summed E-state index contributed by atoms with van der Waals surface area (Å²) >= 11 is 0. The maximum atomic E-state index is 10.8. The van der Waals surface area contributed by atoms with E-state index in [1.54, 1.807) is 12.1 Å². The van der Waals surface area contributed by atoms with Gasteiger partial charge in [0.2, 0.25) is 0 Å². The average molecular weight is 294 g/mol. The SMILES string of the molecule is CNCCNc1ccc(-c2cc3ccc(C=O)cc3o2)cc1. The Morgan fingerprint density at radius 3 is 2.59 bits per heavy atom. The first-order valence-corrected chi connectivity index (χ1v) is 7.28. The van der Waals surface area contributed by atoms with Crippen LogP contribution in [0.3, 0.4) is 0 Å². The third-order valence-electron chi connectivity index (χ3n) is 3.55. The molecule has 0 atom stereocenters. The van der Waals surface area contributed by atoms with Gasteiger partial charge in [-0.3, -0.25) is 4.79 Å². The third-order valence-corrected chi connectivity index (χ3v) is 3.55. The van der Waals surface area contributed by atoms with E-state index in [0.717, 1.165) is 47.4 Å². The number of furan rings is 1. The number of carbonyl (C=O) groups excluding carboxylic acids is 1. The van der Waals surface area contributed by atoms with E-state index in [-0.39, 0.29) is 0 Å². The molecule has 2 N–H and O–H groups in total. The highest BCUT2D eigenvalue weighted by Gasteiger charge is 2.07. The standard InChI is InChI=1S/C18H18N2O2/c1-19-8-9-20-16-6-4-14(5-7-16)18-11-15-3-2-13(12-21)10-17(15)22-18/h2-7,10-12,19-20H,8-9H2,1H3. The number of anilines is 1. The lowest BCUT2D eigenvalue weighted by atomic mass is 10.1. The number of fused-ring (bicyclic) bond motifs is 1. The maximum Gasteiger partial charge on any atom is 0.150 e. The van der Waals surface area contributed by atoms with E-state index in [1.807, 2.05) is 43.4 Å². The van der Waals surface area contributed by atoms with Crippen molar-refractivity contribution >= 4 is 22.9 Å². The molecule has 4 heteroatoms. The molecule has 1 aromatic heterocycles. The van der Waals surface area contributed by atoms with Crippen LogP contribution >= 0.6 is 0 Å². The molecular weight excluding hydrogens is 276 g/mol. The van der Waals surface area contributed by atoms with E-state index >= 15 is 0 Å². The van der Waals surface area contributed by atoms with E-state index in [2.05, 4.69) is 10.6 Å². The molecule has 0 bridgehead atoms. The molecule has 0 aliphatic heterocycles. The number of benzene rings is 2. The summed E-state index contributed by atoms with van der Waals surface area (Å²) in [6, 6.07) is 15.6. The van der Waals surface area contributed by atoms with Crippen molar-refractivity contribution in [1.29, 1.82) is 0 Å². The monoisotopic (exact) mass is 294 g/mol. The minimum Gasteiger partial charge on any atom is -0.456 e. The van der Waals surface area contributed by atoms with Gasteiger partial charge in [-0.05, 0) is 43.4 Å². The molecule has 22 heavy (non-hydrogen) atoms. The van der Waals surface area contributed by atoms with Gasteiger partial charge in [-0.2, -0.15) is 0 Å². The summed E-state index contributed by atoms with van der Waals surface area (Å²) in [6.45, 7) is 1.80. The zero-order valence-electron chi connectivity index (χ0n) is 12.4. The first kappa shape index (κ1) is 14.4. The van der Waals surface area contributed by atoms with Gasteiger partial charge in [-0.1, -0.05) is 12.1 Å². The summed E-state index contributed by atoms with van der Waals surface area (Å²) in [5.74, 6) is 0.805. The van der Waals surface area contributed by atoms with E-state index in [1.165, 1.54) is 0 Å². The summed E-state index contributed by atoms with van der Waals surface area (Å²) in [5.41, 5.74) is 3.45. The fraction of sp³-hybridized carbons (Fsp3) is 0.167. The lowest BCUT2D eigenvalue weighted by molar-refractivity contribution is 0.112. The largest absolute Gasteiger partial charge is 0.456 e. The molecule has 0 amide bonds. The second-order valence-electron chi connectivity index (χ2n) is 5.13. The highest BCUT2D eigenvalue weighted by molar-refractivity contribution is 5.88. The Morgan fingerprint density at radius 1 is 1.05 bits per heavy atom. The van der Waals surface area contributed by atoms with E-state index in [0.29, 0.717) is 5.56 Å². The molecule has 0 unspecified atom stereocenters. The Balaban J connectivity index is 1.82. The van der Waals surface area contributed by atoms with E-state index < -0.39 is 0 Å². The van der Waals surface area contributed by atoms with Crippen LogP contribution in [0.1, 0.15) is 10.4 Å². The lowest BCUT2D eigenvalue weighted by Crippen LogP contribution is -2.17. The van der Waals surface area contributed by atoms with Gasteiger partial charge < -0.3 is 15.1 Å². The Morgan fingerprint density at radius 2 is 1.86 bits per heavy atom. The molecule has 0 radical (unpaired) electrons. The number of likely N-dealkylation sites (N-methyl/N-ethyl adjacent to an activating group) is 1. The fourth-order valence-corrected chi connectivity index (χ4v) is 2.35. The van der Waals surface area contributed by atoms with Crippen LogP contribution in [0.25, 0.3) is 22.3 Å². The predicted molar refractivity (Wildman–Crippen MR) is 89.5 cm³/mol. The van der Waals surface area contributed by atoms with E-state index in [9.17, 15) is 4.79 Å². The number of carbonyl (C=O) groups is 1. The molecule has 0 aliphatic carbocycles. The van der Waals surface area contributed by atoms with Crippen LogP contribution < -0.4 is 10.6 Å². The van der Waals surface area contributed by atoms with Crippen molar-refractivity contribution in [3.8, 4) is 11.3 Å². The molecule has 0 saturated heterocycles. The molecule has 0 fully saturated rings. The van der Waals surface area contributed by atoms with Crippen LogP contribution in [0.4, 0.5) is 5.69 Å². The number of hydrogen-bond acceptors (Lipinski definition) is 4. The van der Waals surface area contributed by atoms with E-state index in [4.69, 9.17) is 4.42 Å². The molecular formula is C18H18N2O2. The highest BCUT2D eigenvalue weighted by Crippen LogP contribution is 2.29. The first-order chi connectivity index (χ1) is 10.8. The van der Waals surface area contributed by atoms with Gasteiger partial charge >= 0.3 is 0 Å². The molecule has 3 aromatic rings. The molecule has 3 rings (SSSR count). The minimum atomic E-state index is 0.623. The van der Waals surface area contributed by atoms with Crippen molar-refractivity contribution in [2.24, 2.45) is 0 Å². The molecule has 0 spiro atoms. The average Bonchev–Trinajstić information content (AvgIpc) is 2.98. The second-order valence-corrected chi connectivity index (χ2v) is 5.13. The molecule has 4 nitrogen and oxygen atoms in total. The molecule has 0 saturated carbocycles. The Hall–Kier alpha value is -2.59. The van der Waals surface area contributed by atoms with Crippen molar-refractivity contribution in [3.05, 3.63) is 54.1 Å². The van der Waals surface area contributed by atoms with Crippen LogP contribution in [-0.2, 0) is 0 Å². The molecule has 1 heterocycles. The van der Waals surface area contributed by atoms with Crippen LogP contribution in [0.2, 0.25) is 0 Å². The lowest BCUT2D eigenvalue weighted by Gasteiger charge is -2.06. The summed E-state index contributed by atoms with van der Waals surface area (Å²) in [4.78, 5) is 10.8. The van der Waals surface area contributed by atoms with Crippen molar-refractivity contribution in [1.82, 2.24) is 5.32 Å². The topological polar surface area (TPSA) is 54.3 Å². The summed E-state index contributed by atoms with van der Waals surface area (Å²) in [5, 5.41) is 7.43. The van der Waals surface area contributed by atoms with Gasteiger partial charge in [-0.15, -0.1) is 0 Å². The predicted octanol–water partition coefficient (Wildman–Crippen LogP) is 3.54. The number of nitrogens with one attached hydrogen (secondary N) is 2. The highest BCUT2D eigenvalue weighted by atomic mass is 16.3. The Labute approximate surface area is 129 Å². The van der Waals surface area contributed by atoms with Gasteiger partial charge in [0.1, 0.15) is 17.6 Å². The summed E-state index contributed by atoms with van der Waals surface area (Å²) in [6.07, 6.45) is 0.827. The quantitative estimate of drug-likeness (QED) is 0.539. The third kappa shape index (κ3) is 3.02. The van der Waals surface area contributed by atoms with Crippen LogP contribution in [0.5, 0.6) is 0 Å². The fourth-order valence-electron chi connectivity index (χ4n) is 2.35. The zero-order valence-corrected chi connectivity index (χ0v) is 12.4. The normalized spacial score (nSPS) is 10.8. The van der Waals surface area contributed by atoms with Crippen LogP contribution in [-0.4, -0.2) is 26.4 Å². The Kier molecular flexibility index (Phi) is 4.21. The summed E-state index contributed by atoms with van der Waals surface area (Å²) in [7, 11) is 1.93. The van der Waals surface area contributed by atoms with Crippen molar-refractivity contribution in [2.75, 3.05) is 25.5 Å². The van der Waals surface area contributed by atoms with Crippen LogP contribution in [0, 0.1) is 0 Å². The smallest absolute Gasteiger partial charge is 0.150 e. The number of hydrogen-bond donors (Lipinski definition) is 2. The Bertz CT molecular complexity index is 775. The maximum absolute atomic E-state index is 10.8. The minimum absolute atomic E-state index is 0.623. The first-order valence-electron chi connectivity index (χ1n) is 7.28. The zero-order chi connectivity index (χ0) is 15.4. The van der Waals surface area contributed by atoms with Crippen molar-refractivity contribution in [2.45, 2.75) is 0 Å². The van der Waals surface area contributed by atoms with Gasteiger partial charge in [0.15, 0.2) is 0 Å². The van der Waals surface area contributed by atoms with Gasteiger partial charge in [-0.25, -0.2) is 0 Å². The molecule has 0 aliphatic rings. The van der Waals surface area contributed by atoms with Crippen molar-refractivity contribution < 1.29 is 9.21 Å².